The number of amides is 2. The third-order valence-electron chi connectivity index (χ3n) is 5.39. The van der Waals surface area contributed by atoms with Crippen molar-refractivity contribution in [2.24, 2.45) is 5.92 Å². The van der Waals surface area contributed by atoms with E-state index in [1.54, 1.807) is 0 Å². The van der Waals surface area contributed by atoms with Gasteiger partial charge < -0.3 is 10.2 Å². The zero-order valence-electron chi connectivity index (χ0n) is 14.0. The van der Waals surface area contributed by atoms with Crippen LogP contribution >= 0.6 is 11.8 Å². The zero-order valence-corrected chi connectivity index (χ0v) is 14.8. The summed E-state index contributed by atoms with van der Waals surface area (Å²) in [5.41, 5.74) is 0. The van der Waals surface area contributed by atoms with E-state index in [1.165, 1.54) is 32.1 Å². The third kappa shape index (κ3) is 4.63. The molecule has 3 fully saturated rings. The molecular formula is C17H29N3O2S. The van der Waals surface area contributed by atoms with Crippen LogP contribution in [0.3, 0.4) is 0 Å². The standard InChI is InChI=1S/C17H29N3O2S/c21-16(19-8-10-23-11-9-19)12-15-17(22)18-6-7-20(15)13-14-4-2-1-3-5-14/h14-15H,1-13H2,(H,18,22)/t15-/m0/s1. The van der Waals surface area contributed by atoms with E-state index in [2.05, 4.69) is 10.2 Å². The number of hydrogen-bond donors (Lipinski definition) is 1. The number of hydrogen-bond acceptors (Lipinski definition) is 4. The summed E-state index contributed by atoms with van der Waals surface area (Å²) in [6.07, 6.45) is 6.90. The normalized spacial score (nSPS) is 27.7. The zero-order chi connectivity index (χ0) is 16.1. The van der Waals surface area contributed by atoms with E-state index < -0.39 is 0 Å². The first kappa shape index (κ1) is 17.1. The van der Waals surface area contributed by atoms with Crippen molar-refractivity contribution in [3.8, 4) is 0 Å². The lowest BCUT2D eigenvalue weighted by molar-refractivity contribution is -0.139. The molecule has 2 aliphatic heterocycles. The molecule has 1 atom stereocenters. The van der Waals surface area contributed by atoms with E-state index in [0.717, 1.165) is 44.2 Å². The van der Waals surface area contributed by atoms with Crippen LogP contribution in [-0.4, -0.2) is 71.9 Å². The van der Waals surface area contributed by atoms with Gasteiger partial charge in [-0.3, -0.25) is 14.5 Å². The highest BCUT2D eigenvalue weighted by Crippen LogP contribution is 2.26. The van der Waals surface area contributed by atoms with Crippen molar-refractivity contribution >= 4 is 23.6 Å². The number of carbonyl (C=O) groups excluding carboxylic acids is 2. The van der Waals surface area contributed by atoms with E-state index in [4.69, 9.17) is 0 Å². The maximum absolute atomic E-state index is 12.6. The average molecular weight is 340 g/mol. The van der Waals surface area contributed by atoms with Gasteiger partial charge in [0.15, 0.2) is 0 Å². The number of nitrogens with zero attached hydrogens (tertiary/aromatic N) is 2. The minimum Gasteiger partial charge on any atom is -0.353 e. The van der Waals surface area contributed by atoms with Gasteiger partial charge >= 0.3 is 0 Å². The van der Waals surface area contributed by atoms with E-state index in [0.29, 0.717) is 12.3 Å². The molecule has 6 heteroatoms. The number of nitrogens with one attached hydrogen (secondary N) is 1. The van der Waals surface area contributed by atoms with Crippen molar-refractivity contribution in [2.45, 2.75) is 44.6 Å². The summed E-state index contributed by atoms with van der Waals surface area (Å²) < 4.78 is 0. The van der Waals surface area contributed by atoms with Crippen molar-refractivity contribution in [2.75, 3.05) is 44.2 Å². The molecular weight excluding hydrogens is 310 g/mol. The fourth-order valence-corrected chi connectivity index (χ4v) is 4.91. The Kier molecular flexibility index (Phi) is 6.22. The van der Waals surface area contributed by atoms with Crippen molar-refractivity contribution in [3.63, 3.8) is 0 Å². The Balaban J connectivity index is 1.58. The first-order valence-corrected chi connectivity index (χ1v) is 10.3. The van der Waals surface area contributed by atoms with Gasteiger partial charge in [0.25, 0.3) is 0 Å². The molecule has 1 aliphatic carbocycles. The highest BCUT2D eigenvalue weighted by Gasteiger charge is 2.34. The number of carbonyl (C=O) groups is 2. The topological polar surface area (TPSA) is 52.7 Å². The van der Waals surface area contributed by atoms with Gasteiger partial charge in [-0.2, -0.15) is 11.8 Å². The second-order valence-electron chi connectivity index (χ2n) is 7.00. The molecule has 2 heterocycles. The summed E-state index contributed by atoms with van der Waals surface area (Å²) in [6.45, 7) is 4.26. The third-order valence-corrected chi connectivity index (χ3v) is 6.33. The largest absolute Gasteiger partial charge is 0.353 e. The van der Waals surface area contributed by atoms with E-state index in [1.807, 2.05) is 16.7 Å². The van der Waals surface area contributed by atoms with Gasteiger partial charge in [0.05, 0.1) is 12.5 Å². The minimum atomic E-state index is -0.257. The summed E-state index contributed by atoms with van der Waals surface area (Å²) in [7, 11) is 0. The molecule has 2 amide bonds. The Morgan fingerprint density at radius 3 is 2.61 bits per heavy atom. The van der Waals surface area contributed by atoms with E-state index >= 15 is 0 Å². The van der Waals surface area contributed by atoms with Gasteiger partial charge in [-0.1, -0.05) is 19.3 Å². The fourth-order valence-electron chi connectivity index (χ4n) is 4.01. The predicted octanol–water partition coefficient (Wildman–Crippen LogP) is 1.33. The molecule has 2 saturated heterocycles. The molecule has 0 bridgehead atoms. The van der Waals surface area contributed by atoms with Crippen LogP contribution in [0.5, 0.6) is 0 Å². The highest BCUT2D eigenvalue weighted by atomic mass is 32.2. The lowest BCUT2D eigenvalue weighted by atomic mass is 9.88. The maximum Gasteiger partial charge on any atom is 0.237 e. The van der Waals surface area contributed by atoms with Gasteiger partial charge in [-0.15, -0.1) is 0 Å². The smallest absolute Gasteiger partial charge is 0.237 e. The van der Waals surface area contributed by atoms with Crippen molar-refractivity contribution in [1.82, 2.24) is 15.1 Å². The molecule has 0 aromatic heterocycles. The van der Waals surface area contributed by atoms with Gasteiger partial charge in [-0.05, 0) is 18.8 Å². The quantitative estimate of drug-likeness (QED) is 0.840. The van der Waals surface area contributed by atoms with Crippen LogP contribution in [0, 0.1) is 5.92 Å². The summed E-state index contributed by atoms with van der Waals surface area (Å²) in [4.78, 5) is 29.1. The van der Waals surface area contributed by atoms with Crippen LogP contribution in [0.1, 0.15) is 38.5 Å². The van der Waals surface area contributed by atoms with Crippen LogP contribution in [0.15, 0.2) is 0 Å². The molecule has 3 rings (SSSR count). The summed E-state index contributed by atoms with van der Waals surface area (Å²) in [6, 6.07) is -0.257. The Hall–Kier alpha value is -0.750. The maximum atomic E-state index is 12.6. The molecule has 1 N–H and O–H groups in total. The Morgan fingerprint density at radius 2 is 1.87 bits per heavy atom. The van der Waals surface area contributed by atoms with Crippen molar-refractivity contribution in [1.29, 1.82) is 0 Å². The SMILES string of the molecule is O=C1NCCN(CC2CCCCC2)[C@H]1CC(=O)N1CCSCC1. The van der Waals surface area contributed by atoms with Crippen LogP contribution in [0.4, 0.5) is 0 Å². The molecule has 0 aromatic carbocycles. The first-order valence-electron chi connectivity index (χ1n) is 9.11. The van der Waals surface area contributed by atoms with Gasteiger partial charge in [-0.25, -0.2) is 0 Å². The van der Waals surface area contributed by atoms with Gasteiger partial charge in [0.1, 0.15) is 0 Å². The van der Waals surface area contributed by atoms with Crippen LogP contribution < -0.4 is 5.32 Å². The highest BCUT2D eigenvalue weighted by molar-refractivity contribution is 7.99. The molecule has 130 valence electrons. The molecule has 5 nitrogen and oxygen atoms in total. The number of piperazine rings is 1. The monoisotopic (exact) mass is 339 g/mol. The second-order valence-corrected chi connectivity index (χ2v) is 8.23. The van der Waals surface area contributed by atoms with E-state index in [9.17, 15) is 9.59 Å². The molecule has 0 radical (unpaired) electrons. The Bertz CT molecular complexity index is 420. The van der Waals surface area contributed by atoms with Crippen LogP contribution in [0.25, 0.3) is 0 Å². The Morgan fingerprint density at radius 1 is 1.13 bits per heavy atom. The Labute approximate surface area is 143 Å². The number of thioether (sulfide) groups is 1. The fraction of sp³-hybridized carbons (Fsp3) is 0.882. The minimum absolute atomic E-state index is 0.0480. The molecule has 3 aliphatic rings. The molecule has 0 spiro atoms. The average Bonchev–Trinajstić information content (AvgIpc) is 2.59. The summed E-state index contributed by atoms with van der Waals surface area (Å²) in [5, 5.41) is 2.95. The van der Waals surface area contributed by atoms with Gasteiger partial charge in [0.2, 0.25) is 11.8 Å². The van der Waals surface area contributed by atoms with Crippen molar-refractivity contribution in [3.05, 3.63) is 0 Å². The van der Waals surface area contributed by atoms with E-state index in [-0.39, 0.29) is 17.9 Å². The van der Waals surface area contributed by atoms with Crippen molar-refractivity contribution < 1.29 is 9.59 Å². The second kappa shape index (κ2) is 8.38. The summed E-state index contributed by atoms with van der Waals surface area (Å²) >= 11 is 1.90. The number of rotatable bonds is 4. The lowest BCUT2D eigenvalue weighted by Gasteiger charge is -2.38. The van der Waals surface area contributed by atoms with Crippen LogP contribution in [0.2, 0.25) is 0 Å². The molecule has 0 aromatic rings. The predicted molar refractivity (Wildman–Crippen MR) is 93.5 cm³/mol. The summed E-state index contributed by atoms with van der Waals surface area (Å²) in [5.74, 6) is 2.95. The van der Waals surface area contributed by atoms with Crippen LogP contribution in [-0.2, 0) is 9.59 Å². The first-order chi connectivity index (χ1) is 11.2. The molecule has 23 heavy (non-hydrogen) atoms. The molecule has 0 unspecified atom stereocenters. The molecule has 1 saturated carbocycles. The van der Waals surface area contributed by atoms with Gasteiger partial charge in [0, 0.05) is 44.2 Å². The lowest BCUT2D eigenvalue weighted by Crippen LogP contribution is -2.58.